The number of hydrogen-bond acceptors (Lipinski definition) is 4. The van der Waals surface area contributed by atoms with Gasteiger partial charge in [0.2, 0.25) is 0 Å². The minimum absolute atomic E-state index is 0.163. The number of guanidine groups is 1. The molecule has 0 radical (unpaired) electrons. The van der Waals surface area contributed by atoms with Crippen molar-refractivity contribution < 1.29 is 13.2 Å². The lowest BCUT2D eigenvalue weighted by atomic mass is 10.1. The van der Waals surface area contributed by atoms with E-state index in [0.717, 1.165) is 30.8 Å². The molecule has 0 spiro atoms. The monoisotopic (exact) mass is 355 g/mol. The fraction of sp³-hybridized carbons (Fsp3) is 0.588. The van der Waals surface area contributed by atoms with Crippen LogP contribution < -0.4 is 15.4 Å². The highest BCUT2D eigenvalue weighted by molar-refractivity contribution is 7.90. The van der Waals surface area contributed by atoms with Crippen molar-refractivity contribution in [2.24, 2.45) is 4.99 Å². The standard InChI is InChI=1S/C17H29N3O3S/c1-5-18-17(19-10-6-12-24(4,21)22)20-11-9-15-13-14(2)7-8-16(15)23-3/h7-8,13H,5-6,9-12H2,1-4H3,(H2,18,19,20). The number of hydrogen-bond donors (Lipinski definition) is 2. The Morgan fingerprint density at radius 3 is 2.67 bits per heavy atom. The molecular formula is C17H29N3O3S. The van der Waals surface area contributed by atoms with Gasteiger partial charge in [-0.1, -0.05) is 17.7 Å². The second-order valence-electron chi connectivity index (χ2n) is 5.74. The molecule has 7 heteroatoms. The molecule has 136 valence electrons. The molecule has 1 aromatic rings. The average molecular weight is 356 g/mol. The highest BCUT2D eigenvalue weighted by Gasteiger charge is 2.05. The van der Waals surface area contributed by atoms with Gasteiger partial charge < -0.3 is 15.4 Å². The smallest absolute Gasteiger partial charge is 0.191 e. The summed E-state index contributed by atoms with van der Waals surface area (Å²) in [6.07, 6.45) is 2.59. The molecule has 0 unspecified atom stereocenters. The second kappa shape index (κ2) is 10.2. The van der Waals surface area contributed by atoms with Crippen LogP contribution in [0.1, 0.15) is 24.5 Å². The fourth-order valence-electron chi connectivity index (χ4n) is 2.28. The molecule has 2 N–H and O–H groups in total. The van der Waals surface area contributed by atoms with E-state index in [1.165, 1.54) is 11.8 Å². The molecule has 1 aromatic carbocycles. The molecule has 0 aromatic heterocycles. The van der Waals surface area contributed by atoms with Crippen LogP contribution in [0.4, 0.5) is 0 Å². The van der Waals surface area contributed by atoms with Crippen molar-refractivity contribution in [1.82, 2.24) is 10.6 Å². The third kappa shape index (κ3) is 8.19. The zero-order valence-corrected chi connectivity index (χ0v) is 15.9. The summed E-state index contributed by atoms with van der Waals surface area (Å²) in [5.41, 5.74) is 2.35. The maximum Gasteiger partial charge on any atom is 0.191 e. The number of sulfone groups is 1. The Morgan fingerprint density at radius 2 is 2.04 bits per heavy atom. The van der Waals surface area contributed by atoms with Gasteiger partial charge in [-0.25, -0.2) is 8.42 Å². The van der Waals surface area contributed by atoms with E-state index >= 15 is 0 Å². The van der Waals surface area contributed by atoms with E-state index in [0.29, 0.717) is 18.9 Å². The molecule has 24 heavy (non-hydrogen) atoms. The van der Waals surface area contributed by atoms with Gasteiger partial charge in [-0.2, -0.15) is 0 Å². The molecule has 0 saturated heterocycles. The summed E-state index contributed by atoms with van der Waals surface area (Å²) >= 11 is 0. The zero-order valence-electron chi connectivity index (χ0n) is 15.1. The van der Waals surface area contributed by atoms with Gasteiger partial charge in [0.15, 0.2) is 5.96 Å². The van der Waals surface area contributed by atoms with Gasteiger partial charge in [0.25, 0.3) is 0 Å². The molecule has 0 aliphatic rings. The van der Waals surface area contributed by atoms with E-state index in [9.17, 15) is 8.42 Å². The Morgan fingerprint density at radius 1 is 1.29 bits per heavy atom. The molecule has 0 aliphatic heterocycles. The second-order valence-corrected chi connectivity index (χ2v) is 8.00. The van der Waals surface area contributed by atoms with Gasteiger partial charge in [-0.15, -0.1) is 0 Å². The van der Waals surface area contributed by atoms with E-state index in [4.69, 9.17) is 4.74 Å². The number of nitrogens with zero attached hydrogens (tertiary/aromatic N) is 1. The lowest BCUT2D eigenvalue weighted by molar-refractivity contribution is 0.409. The summed E-state index contributed by atoms with van der Waals surface area (Å²) in [6.45, 7) is 6.01. The summed E-state index contributed by atoms with van der Waals surface area (Å²) in [5, 5.41) is 6.44. The Kier molecular flexibility index (Phi) is 8.60. The van der Waals surface area contributed by atoms with E-state index in [1.807, 2.05) is 19.1 Å². The predicted molar refractivity (Wildman–Crippen MR) is 99.7 cm³/mol. The summed E-state index contributed by atoms with van der Waals surface area (Å²) in [5.74, 6) is 1.76. The molecule has 0 heterocycles. The number of nitrogens with one attached hydrogen (secondary N) is 2. The Bertz CT molecular complexity index is 642. The first-order chi connectivity index (χ1) is 11.4. The normalized spacial score (nSPS) is 12.1. The van der Waals surface area contributed by atoms with Crippen molar-refractivity contribution in [3.63, 3.8) is 0 Å². The summed E-state index contributed by atoms with van der Waals surface area (Å²) in [4.78, 5) is 4.41. The molecule has 0 bridgehead atoms. The largest absolute Gasteiger partial charge is 0.496 e. The number of methoxy groups -OCH3 is 1. The Balaban J connectivity index is 2.53. The van der Waals surface area contributed by atoms with E-state index in [-0.39, 0.29) is 5.75 Å². The van der Waals surface area contributed by atoms with Crippen LogP contribution in [0.25, 0.3) is 0 Å². The van der Waals surface area contributed by atoms with Crippen molar-refractivity contribution in [2.75, 3.05) is 38.8 Å². The van der Waals surface area contributed by atoms with Crippen LogP contribution in [-0.4, -0.2) is 53.1 Å². The Hall–Kier alpha value is -1.76. The summed E-state index contributed by atoms with van der Waals surface area (Å²) < 4.78 is 27.6. The minimum atomic E-state index is -2.92. The van der Waals surface area contributed by atoms with E-state index in [2.05, 4.69) is 28.6 Å². The van der Waals surface area contributed by atoms with Gasteiger partial charge in [-0.05, 0) is 38.3 Å². The quantitative estimate of drug-likeness (QED) is 0.399. The first-order valence-corrected chi connectivity index (χ1v) is 10.2. The van der Waals surface area contributed by atoms with Crippen LogP contribution in [0, 0.1) is 6.92 Å². The highest BCUT2D eigenvalue weighted by atomic mass is 32.2. The van der Waals surface area contributed by atoms with Gasteiger partial charge in [-0.3, -0.25) is 4.99 Å². The van der Waals surface area contributed by atoms with Crippen molar-refractivity contribution >= 4 is 15.8 Å². The molecule has 0 atom stereocenters. The van der Waals surface area contributed by atoms with Gasteiger partial charge in [0, 0.05) is 25.9 Å². The van der Waals surface area contributed by atoms with Gasteiger partial charge in [0.05, 0.1) is 12.9 Å². The molecule has 0 fully saturated rings. The van der Waals surface area contributed by atoms with Crippen molar-refractivity contribution in [3.8, 4) is 5.75 Å². The number of rotatable bonds is 9. The number of aryl methyl sites for hydroxylation is 1. The van der Waals surface area contributed by atoms with Crippen LogP contribution in [0.3, 0.4) is 0 Å². The minimum Gasteiger partial charge on any atom is -0.496 e. The molecule has 0 saturated carbocycles. The fourth-order valence-corrected chi connectivity index (χ4v) is 2.93. The lowest BCUT2D eigenvalue weighted by Crippen LogP contribution is -2.38. The summed E-state index contributed by atoms with van der Waals surface area (Å²) in [7, 11) is -1.25. The van der Waals surface area contributed by atoms with Gasteiger partial charge >= 0.3 is 0 Å². The summed E-state index contributed by atoms with van der Waals surface area (Å²) in [6, 6.07) is 6.13. The third-order valence-electron chi connectivity index (χ3n) is 3.41. The first-order valence-electron chi connectivity index (χ1n) is 8.19. The van der Waals surface area contributed by atoms with Crippen molar-refractivity contribution in [1.29, 1.82) is 0 Å². The van der Waals surface area contributed by atoms with Crippen LogP contribution in [-0.2, 0) is 16.3 Å². The highest BCUT2D eigenvalue weighted by Crippen LogP contribution is 2.19. The van der Waals surface area contributed by atoms with E-state index in [1.54, 1.807) is 7.11 Å². The lowest BCUT2D eigenvalue weighted by Gasteiger charge is -2.13. The maximum absolute atomic E-state index is 11.1. The first kappa shape index (κ1) is 20.3. The average Bonchev–Trinajstić information content (AvgIpc) is 2.50. The predicted octanol–water partition coefficient (Wildman–Crippen LogP) is 1.54. The Labute approximate surface area is 145 Å². The van der Waals surface area contributed by atoms with Crippen molar-refractivity contribution in [2.45, 2.75) is 26.7 Å². The van der Waals surface area contributed by atoms with E-state index < -0.39 is 9.84 Å². The maximum atomic E-state index is 11.1. The van der Waals surface area contributed by atoms with Crippen LogP contribution in [0.15, 0.2) is 23.2 Å². The number of ether oxygens (including phenoxy) is 1. The molecule has 0 amide bonds. The van der Waals surface area contributed by atoms with Crippen molar-refractivity contribution in [3.05, 3.63) is 29.3 Å². The van der Waals surface area contributed by atoms with Crippen LogP contribution >= 0.6 is 0 Å². The molecule has 6 nitrogen and oxygen atoms in total. The third-order valence-corrected chi connectivity index (χ3v) is 4.44. The zero-order chi connectivity index (χ0) is 18.0. The number of aliphatic imine (C=N–C) groups is 1. The SMILES string of the molecule is CCNC(=NCCCS(C)(=O)=O)NCCc1cc(C)ccc1OC. The molecular weight excluding hydrogens is 326 g/mol. The van der Waals surface area contributed by atoms with Crippen LogP contribution in [0.5, 0.6) is 5.75 Å². The molecule has 0 aliphatic carbocycles. The van der Waals surface area contributed by atoms with Gasteiger partial charge in [0.1, 0.15) is 15.6 Å². The number of benzene rings is 1. The topological polar surface area (TPSA) is 79.8 Å². The van der Waals surface area contributed by atoms with Crippen LogP contribution in [0.2, 0.25) is 0 Å². The molecule has 1 rings (SSSR count).